The van der Waals surface area contributed by atoms with Crippen molar-refractivity contribution in [3.8, 4) is 0 Å². The third kappa shape index (κ3) is 3.13. The molecule has 2 atom stereocenters. The fraction of sp³-hybridized carbons (Fsp3) is 0.125. The monoisotopic (exact) mass is 318 g/mol. The molecule has 2 amide bonds. The molecule has 3 rings (SSSR count). The maximum Gasteiger partial charge on any atom is 0.408 e. The van der Waals surface area contributed by atoms with Crippen molar-refractivity contribution in [3.63, 3.8) is 0 Å². The Hall–Kier alpha value is -2.96. The van der Waals surface area contributed by atoms with Crippen LogP contribution in [0.3, 0.4) is 0 Å². The summed E-state index contributed by atoms with van der Waals surface area (Å²) < 4.78 is 31.6. The van der Waals surface area contributed by atoms with Crippen LogP contribution in [-0.2, 0) is 9.53 Å². The highest BCUT2D eigenvalue weighted by atomic mass is 19.1. The fourth-order valence-electron chi connectivity index (χ4n) is 2.33. The van der Waals surface area contributed by atoms with Gasteiger partial charge in [0.1, 0.15) is 11.6 Å². The number of ether oxygens (including phenoxy) is 1. The zero-order valence-corrected chi connectivity index (χ0v) is 11.8. The molecule has 0 spiro atoms. The van der Waals surface area contributed by atoms with Crippen LogP contribution in [0.4, 0.5) is 19.3 Å². The lowest BCUT2D eigenvalue weighted by Gasteiger charge is -2.17. The first-order valence-electron chi connectivity index (χ1n) is 6.82. The number of carbonyl (C=O) groups is 2. The van der Waals surface area contributed by atoms with Crippen LogP contribution in [0.25, 0.3) is 0 Å². The SMILES string of the molecule is O=C1NC(C(=O)Nc2ccc(F)cc2F)C(c2ccccc2)O1. The average Bonchev–Trinajstić information content (AvgIpc) is 2.93. The van der Waals surface area contributed by atoms with Gasteiger partial charge in [0.2, 0.25) is 0 Å². The molecule has 2 aromatic rings. The average molecular weight is 318 g/mol. The number of amides is 2. The number of carbonyl (C=O) groups excluding carboxylic acids is 2. The lowest BCUT2D eigenvalue weighted by molar-refractivity contribution is -0.119. The van der Waals surface area contributed by atoms with Gasteiger partial charge in [-0.15, -0.1) is 0 Å². The van der Waals surface area contributed by atoms with E-state index in [4.69, 9.17) is 4.74 Å². The van der Waals surface area contributed by atoms with Gasteiger partial charge in [0.05, 0.1) is 5.69 Å². The van der Waals surface area contributed by atoms with E-state index in [1.807, 2.05) is 0 Å². The summed E-state index contributed by atoms with van der Waals surface area (Å²) in [6.07, 6.45) is -1.56. The molecule has 118 valence electrons. The Bertz CT molecular complexity index is 752. The second-order valence-corrected chi connectivity index (χ2v) is 4.97. The third-order valence-electron chi connectivity index (χ3n) is 3.41. The van der Waals surface area contributed by atoms with Gasteiger partial charge in [-0.05, 0) is 17.7 Å². The van der Waals surface area contributed by atoms with Crippen molar-refractivity contribution in [1.82, 2.24) is 5.32 Å². The molecular weight excluding hydrogens is 306 g/mol. The van der Waals surface area contributed by atoms with Gasteiger partial charge in [-0.25, -0.2) is 13.6 Å². The Morgan fingerprint density at radius 1 is 1.13 bits per heavy atom. The molecule has 1 aliphatic heterocycles. The second-order valence-electron chi connectivity index (χ2n) is 4.97. The van der Waals surface area contributed by atoms with E-state index < -0.39 is 35.8 Å². The highest BCUT2D eigenvalue weighted by Crippen LogP contribution is 2.27. The van der Waals surface area contributed by atoms with E-state index in [1.165, 1.54) is 0 Å². The number of nitrogens with one attached hydrogen (secondary N) is 2. The fourth-order valence-corrected chi connectivity index (χ4v) is 2.33. The molecule has 2 aromatic carbocycles. The largest absolute Gasteiger partial charge is 0.439 e. The first-order chi connectivity index (χ1) is 11.0. The van der Waals surface area contributed by atoms with Crippen molar-refractivity contribution in [1.29, 1.82) is 0 Å². The van der Waals surface area contributed by atoms with Gasteiger partial charge in [-0.1, -0.05) is 30.3 Å². The molecular formula is C16H12F2N2O3. The molecule has 0 saturated carbocycles. The summed E-state index contributed by atoms with van der Waals surface area (Å²) in [4.78, 5) is 23.8. The van der Waals surface area contributed by atoms with Gasteiger partial charge >= 0.3 is 6.09 Å². The molecule has 0 radical (unpaired) electrons. The number of anilines is 1. The number of hydrogen-bond acceptors (Lipinski definition) is 3. The molecule has 2 unspecified atom stereocenters. The Morgan fingerprint density at radius 2 is 1.87 bits per heavy atom. The summed E-state index contributed by atoms with van der Waals surface area (Å²) >= 11 is 0. The minimum Gasteiger partial charge on any atom is -0.439 e. The summed E-state index contributed by atoms with van der Waals surface area (Å²) in [6.45, 7) is 0. The summed E-state index contributed by atoms with van der Waals surface area (Å²) in [6, 6.07) is 10.5. The van der Waals surface area contributed by atoms with E-state index in [-0.39, 0.29) is 5.69 Å². The molecule has 0 bridgehead atoms. The van der Waals surface area contributed by atoms with Crippen molar-refractivity contribution >= 4 is 17.7 Å². The maximum absolute atomic E-state index is 13.6. The van der Waals surface area contributed by atoms with Gasteiger partial charge in [0, 0.05) is 6.07 Å². The molecule has 23 heavy (non-hydrogen) atoms. The van der Waals surface area contributed by atoms with E-state index in [0.29, 0.717) is 11.6 Å². The topological polar surface area (TPSA) is 67.4 Å². The predicted molar refractivity (Wildman–Crippen MR) is 77.6 cm³/mol. The van der Waals surface area contributed by atoms with Gasteiger partial charge < -0.3 is 15.4 Å². The number of hydrogen-bond donors (Lipinski definition) is 2. The third-order valence-corrected chi connectivity index (χ3v) is 3.41. The first kappa shape index (κ1) is 15.0. The Morgan fingerprint density at radius 3 is 2.57 bits per heavy atom. The summed E-state index contributed by atoms with van der Waals surface area (Å²) in [5.74, 6) is -2.31. The molecule has 5 nitrogen and oxygen atoms in total. The van der Waals surface area contributed by atoms with E-state index in [1.54, 1.807) is 30.3 Å². The summed E-state index contributed by atoms with van der Waals surface area (Å²) in [7, 11) is 0. The Labute approximate surface area is 130 Å². The van der Waals surface area contributed by atoms with Gasteiger partial charge in [0.15, 0.2) is 12.1 Å². The lowest BCUT2D eigenvalue weighted by atomic mass is 10.0. The second kappa shape index (κ2) is 6.04. The number of rotatable bonds is 3. The van der Waals surface area contributed by atoms with E-state index in [0.717, 1.165) is 12.1 Å². The van der Waals surface area contributed by atoms with E-state index in [9.17, 15) is 18.4 Å². The van der Waals surface area contributed by atoms with Crippen molar-refractivity contribution in [2.45, 2.75) is 12.1 Å². The van der Waals surface area contributed by atoms with Crippen molar-refractivity contribution in [2.24, 2.45) is 0 Å². The first-order valence-corrected chi connectivity index (χ1v) is 6.82. The van der Waals surface area contributed by atoms with Gasteiger partial charge in [0.25, 0.3) is 5.91 Å². The standard InChI is InChI=1S/C16H12F2N2O3/c17-10-6-7-12(11(18)8-10)19-15(21)13-14(23-16(22)20-13)9-4-2-1-3-5-9/h1-8,13-14H,(H,19,21)(H,20,22). The quantitative estimate of drug-likeness (QED) is 0.914. The molecule has 1 heterocycles. The number of alkyl carbamates (subject to hydrolysis) is 1. The zero-order chi connectivity index (χ0) is 16.4. The van der Waals surface area contributed by atoms with Crippen LogP contribution in [0.2, 0.25) is 0 Å². The smallest absolute Gasteiger partial charge is 0.408 e. The maximum atomic E-state index is 13.6. The van der Waals surface area contributed by atoms with Crippen LogP contribution >= 0.6 is 0 Å². The van der Waals surface area contributed by atoms with Crippen LogP contribution in [0.15, 0.2) is 48.5 Å². The van der Waals surface area contributed by atoms with Crippen LogP contribution in [0.5, 0.6) is 0 Å². The van der Waals surface area contributed by atoms with Crippen molar-refractivity contribution in [3.05, 3.63) is 65.7 Å². The molecule has 1 aliphatic rings. The van der Waals surface area contributed by atoms with Crippen molar-refractivity contribution in [2.75, 3.05) is 5.32 Å². The van der Waals surface area contributed by atoms with Crippen LogP contribution < -0.4 is 10.6 Å². The highest BCUT2D eigenvalue weighted by Gasteiger charge is 2.40. The molecule has 0 aliphatic carbocycles. The molecule has 7 heteroatoms. The minimum absolute atomic E-state index is 0.177. The highest BCUT2D eigenvalue weighted by molar-refractivity contribution is 5.98. The minimum atomic E-state index is -1.02. The van der Waals surface area contributed by atoms with Crippen LogP contribution in [0.1, 0.15) is 11.7 Å². The molecule has 2 N–H and O–H groups in total. The van der Waals surface area contributed by atoms with Crippen LogP contribution in [-0.4, -0.2) is 18.0 Å². The van der Waals surface area contributed by atoms with Crippen molar-refractivity contribution < 1.29 is 23.1 Å². The van der Waals surface area contributed by atoms with Gasteiger partial charge in [-0.2, -0.15) is 0 Å². The molecule has 1 saturated heterocycles. The number of benzene rings is 2. The normalized spacial score (nSPS) is 19.8. The predicted octanol–water partition coefficient (Wildman–Crippen LogP) is 2.75. The van der Waals surface area contributed by atoms with E-state index in [2.05, 4.69) is 10.6 Å². The lowest BCUT2D eigenvalue weighted by Crippen LogP contribution is -2.40. The molecule has 0 aromatic heterocycles. The van der Waals surface area contributed by atoms with Crippen LogP contribution in [0, 0.1) is 11.6 Å². The van der Waals surface area contributed by atoms with Gasteiger partial charge in [-0.3, -0.25) is 4.79 Å². The van der Waals surface area contributed by atoms with E-state index >= 15 is 0 Å². The Balaban J connectivity index is 1.81. The Kier molecular flexibility index (Phi) is 3.92. The number of cyclic esters (lactones) is 1. The molecule has 1 fully saturated rings. The summed E-state index contributed by atoms with van der Waals surface area (Å²) in [5, 5.41) is 4.71. The zero-order valence-electron chi connectivity index (χ0n) is 11.8. The summed E-state index contributed by atoms with van der Waals surface area (Å²) in [5.41, 5.74) is 0.454. The number of halogens is 2.